The van der Waals surface area contributed by atoms with Gasteiger partial charge in [0.2, 0.25) is 5.91 Å². The third-order valence-corrected chi connectivity index (χ3v) is 4.08. The van der Waals surface area contributed by atoms with Crippen molar-refractivity contribution in [2.24, 2.45) is 5.41 Å². The van der Waals surface area contributed by atoms with Gasteiger partial charge in [-0.3, -0.25) is 4.79 Å². The summed E-state index contributed by atoms with van der Waals surface area (Å²) in [5.41, 5.74) is 1.74. The van der Waals surface area contributed by atoms with Crippen molar-refractivity contribution in [3.8, 4) is 0 Å². The number of anilines is 1. The van der Waals surface area contributed by atoms with Crippen molar-refractivity contribution < 1.29 is 9.53 Å². The summed E-state index contributed by atoms with van der Waals surface area (Å²) in [6.07, 6.45) is 2.65. The van der Waals surface area contributed by atoms with Gasteiger partial charge in [-0.1, -0.05) is 19.1 Å². The second-order valence-corrected chi connectivity index (χ2v) is 5.47. The maximum Gasteiger partial charge on any atom is 0.233 e. The second-order valence-electron chi connectivity index (χ2n) is 5.47. The summed E-state index contributed by atoms with van der Waals surface area (Å²) in [7, 11) is 1.66. The molecule has 5 heteroatoms. The normalized spacial score (nSPS) is 16.9. The van der Waals surface area contributed by atoms with E-state index >= 15 is 0 Å². The van der Waals surface area contributed by atoms with Crippen molar-refractivity contribution in [2.75, 3.05) is 32.1 Å². The van der Waals surface area contributed by atoms with Crippen LogP contribution in [0.15, 0.2) is 24.3 Å². The van der Waals surface area contributed by atoms with E-state index < -0.39 is 5.41 Å². The van der Waals surface area contributed by atoms with Gasteiger partial charge < -0.3 is 15.4 Å². The number of amides is 1. The fourth-order valence-corrected chi connectivity index (χ4v) is 2.71. The summed E-state index contributed by atoms with van der Waals surface area (Å²) in [5, 5.41) is 6.34. The number of piperidine rings is 1. The van der Waals surface area contributed by atoms with Crippen LogP contribution in [-0.2, 0) is 16.0 Å². The van der Waals surface area contributed by atoms with Crippen LogP contribution in [0.3, 0.4) is 0 Å². The standard InChI is InChI=1S/C16H24N2O2.ClH/c1-3-13-4-6-14(7-5-13)18-15(19)16(12-20-2)8-10-17-11-9-16;/h4-7,17H,3,8-12H2,1-2H3,(H,18,19);1H. The van der Waals surface area contributed by atoms with Crippen LogP contribution < -0.4 is 10.6 Å². The predicted octanol–water partition coefficient (Wildman–Crippen LogP) is 2.63. The molecule has 1 aliphatic heterocycles. The van der Waals surface area contributed by atoms with Crippen LogP contribution in [0.25, 0.3) is 0 Å². The van der Waals surface area contributed by atoms with Crippen molar-refractivity contribution in [1.82, 2.24) is 5.32 Å². The molecule has 0 unspecified atom stereocenters. The molecule has 1 heterocycles. The molecule has 1 aliphatic rings. The van der Waals surface area contributed by atoms with Crippen LogP contribution in [0.4, 0.5) is 5.69 Å². The molecule has 2 rings (SSSR count). The molecule has 4 nitrogen and oxygen atoms in total. The number of aryl methyl sites for hydroxylation is 1. The number of carbonyl (C=O) groups is 1. The lowest BCUT2D eigenvalue weighted by Crippen LogP contribution is -2.47. The Morgan fingerprint density at radius 1 is 1.29 bits per heavy atom. The van der Waals surface area contributed by atoms with E-state index in [2.05, 4.69) is 29.7 Å². The molecule has 0 saturated carbocycles. The van der Waals surface area contributed by atoms with Gasteiger partial charge in [0.15, 0.2) is 0 Å². The van der Waals surface area contributed by atoms with Gasteiger partial charge in [0.25, 0.3) is 0 Å². The van der Waals surface area contributed by atoms with Gasteiger partial charge in [-0.2, -0.15) is 0 Å². The minimum Gasteiger partial charge on any atom is -0.384 e. The Kier molecular flexibility index (Phi) is 7.15. The van der Waals surface area contributed by atoms with Crippen LogP contribution in [-0.4, -0.2) is 32.7 Å². The number of hydrogen-bond acceptors (Lipinski definition) is 3. The third-order valence-electron chi connectivity index (χ3n) is 4.08. The molecular weight excluding hydrogens is 288 g/mol. The Morgan fingerprint density at radius 2 is 1.90 bits per heavy atom. The molecule has 1 aromatic carbocycles. The van der Waals surface area contributed by atoms with Gasteiger partial charge in [-0.25, -0.2) is 0 Å². The number of benzene rings is 1. The first kappa shape index (κ1) is 18.0. The SMILES string of the molecule is CCc1ccc(NC(=O)C2(COC)CCNCC2)cc1.Cl. The number of rotatable bonds is 5. The number of ether oxygens (including phenoxy) is 1. The highest BCUT2D eigenvalue weighted by atomic mass is 35.5. The van der Waals surface area contributed by atoms with Crippen molar-refractivity contribution in [3.63, 3.8) is 0 Å². The maximum atomic E-state index is 12.6. The van der Waals surface area contributed by atoms with Gasteiger partial charge in [0, 0.05) is 12.8 Å². The highest BCUT2D eigenvalue weighted by molar-refractivity contribution is 5.95. The van der Waals surface area contributed by atoms with Gasteiger partial charge in [0.05, 0.1) is 12.0 Å². The molecule has 0 radical (unpaired) electrons. The predicted molar refractivity (Wildman–Crippen MR) is 88.1 cm³/mol. The Bertz CT molecular complexity index is 437. The van der Waals surface area contributed by atoms with E-state index in [1.54, 1.807) is 7.11 Å². The van der Waals surface area contributed by atoms with E-state index in [0.29, 0.717) is 6.61 Å². The van der Waals surface area contributed by atoms with E-state index in [1.807, 2.05) is 12.1 Å². The Balaban J connectivity index is 0.00000220. The topological polar surface area (TPSA) is 50.4 Å². The van der Waals surface area contributed by atoms with Crippen molar-refractivity contribution in [3.05, 3.63) is 29.8 Å². The molecule has 21 heavy (non-hydrogen) atoms. The maximum absolute atomic E-state index is 12.6. The van der Waals surface area contributed by atoms with Gasteiger partial charge in [-0.05, 0) is 50.0 Å². The van der Waals surface area contributed by atoms with Crippen LogP contribution >= 0.6 is 12.4 Å². The largest absolute Gasteiger partial charge is 0.384 e. The molecule has 0 aromatic heterocycles. The summed E-state index contributed by atoms with van der Waals surface area (Å²) in [5.74, 6) is 0.0742. The van der Waals surface area contributed by atoms with Crippen molar-refractivity contribution in [1.29, 1.82) is 0 Å². The number of carbonyl (C=O) groups excluding carboxylic acids is 1. The average Bonchev–Trinajstić information content (AvgIpc) is 2.49. The molecular formula is C16H25ClN2O2. The van der Waals surface area contributed by atoms with E-state index in [-0.39, 0.29) is 18.3 Å². The first-order chi connectivity index (χ1) is 9.70. The summed E-state index contributed by atoms with van der Waals surface area (Å²) < 4.78 is 5.29. The van der Waals surface area contributed by atoms with E-state index in [1.165, 1.54) is 5.56 Å². The van der Waals surface area contributed by atoms with Crippen LogP contribution in [0.2, 0.25) is 0 Å². The fourth-order valence-electron chi connectivity index (χ4n) is 2.71. The van der Waals surface area contributed by atoms with E-state index in [4.69, 9.17) is 4.74 Å². The zero-order valence-electron chi connectivity index (χ0n) is 12.8. The first-order valence-electron chi connectivity index (χ1n) is 7.30. The van der Waals surface area contributed by atoms with Crippen LogP contribution in [0, 0.1) is 5.41 Å². The summed E-state index contributed by atoms with van der Waals surface area (Å²) in [6.45, 7) is 4.33. The molecule has 0 atom stereocenters. The van der Waals surface area contributed by atoms with Gasteiger partial charge in [-0.15, -0.1) is 12.4 Å². The molecule has 1 amide bonds. The first-order valence-corrected chi connectivity index (χ1v) is 7.30. The smallest absolute Gasteiger partial charge is 0.233 e. The molecule has 1 aromatic rings. The molecule has 0 bridgehead atoms. The molecule has 118 valence electrons. The zero-order chi connectivity index (χ0) is 14.4. The monoisotopic (exact) mass is 312 g/mol. The van der Waals surface area contributed by atoms with Gasteiger partial charge in [0.1, 0.15) is 0 Å². The van der Waals surface area contributed by atoms with E-state index in [9.17, 15) is 4.79 Å². The lowest BCUT2D eigenvalue weighted by Gasteiger charge is -2.35. The molecule has 2 N–H and O–H groups in total. The van der Waals surface area contributed by atoms with Crippen molar-refractivity contribution in [2.45, 2.75) is 26.2 Å². The zero-order valence-corrected chi connectivity index (χ0v) is 13.6. The third kappa shape index (κ3) is 4.43. The number of hydrogen-bond donors (Lipinski definition) is 2. The minimum absolute atomic E-state index is 0. The quantitative estimate of drug-likeness (QED) is 0.879. The van der Waals surface area contributed by atoms with Crippen LogP contribution in [0.5, 0.6) is 0 Å². The van der Waals surface area contributed by atoms with Crippen LogP contribution in [0.1, 0.15) is 25.3 Å². The average molecular weight is 313 g/mol. The molecule has 0 spiro atoms. The summed E-state index contributed by atoms with van der Waals surface area (Å²) in [6, 6.07) is 8.05. The fraction of sp³-hybridized carbons (Fsp3) is 0.562. The van der Waals surface area contributed by atoms with E-state index in [0.717, 1.165) is 38.0 Å². The number of halogens is 1. The number of nitrogens with one attached hydrogen (secondary N) is 2. The number of methoxy groups -OCH3 is 1. The lowest BCUT2D eigenvalue weighted by molar-refractivity contribution is -0.130. The Hall–Kier alpha value is -1.10. The highest BCUT2D eigenvalue weighted by Gasteiger charge is 2.39. The Labute approximate surface area is 133 Å². The summed E-state index contributed by atoms with van der Waals surface area (Å²) >= 11 is 0. The molecule has 1 fully saturated rings. The Morgan fingerprint density at radius 3 is 2.43 bits per heavy atom. The van der Waals surface area contributed by atoms with Crippen molar-refractivity contribution >= 4 is 24.0 Å². The molecule has 0 aliphatic carbocycles. The van der Waals surface area contributed by atoms with Gasteiger partial charge >= 0.3 is 0 Å². The summed E-state index contributed by atoms with van der Waals surface area (Å²) in [4.78, 5) is 12.6. The minimum atomic E-state index is -0.399. The highest BCUT2D eigenvalue weighted by Crippen LogP contribution is 2.30. The second kappa shape index (κ2) is 8.37. The molecule has 1 saturated heterocycles. The lowest BCUT2D eigenvalue weighted by atomic mass is 9.78.